The molecular formula is AlAs3GaIn. The third-order valence-electron chi connectivity index (χ3n) is 0. The molecule has 0 fully saturated rings. The van der Waals surface area contributed by atoms with Gasteiger partial charge in [-0.1, -0.05) is 0 Å². The second-order valence-electron chi connectivity index (χ2n) is 0. The van der Waals surface area contributed by atoms with Crippen molar-refractivity contribution in [2.45, 2.75) is 0 Å². The van der Waals surface area contributed by atoms with E-state index in [0.29, 0.717) is 0 Å². The van der Waals surface area contributed by atoms with Crippen LogP contribution in [-0.2, 0) is 0 Å². The molecule has 0 saturated carbocycles. The van der Waals surface area contributed by atoms with Crippen molar-refractivity contribution in [2.75, 3.05) is 0 Å². The van der Waals surface area contributed by atoms with Crippen molar-refractivity contribution in [1.82, 2.24) is 0 Å². The summed E-state index contributed by atoms with van der Waals surface area (Å²) in [6.07, 6.45) is 0. The van der Waals surface area contributed by atoms with Crippen molar-refractivity contribution in [3.8, 4) is 0 Å². The van der Waals surface area contributed by atoms with Gasteiger partial charge < -0.3 is 53.9 Å². The van der Waals surface area contributed by atoms with Crippen LogP contribution in [0.15, 0.2) is 0 Å². The molecule has 0 atom stereocenters. The maximum absolute atomic E-state index is 0. The second-order valence-corrected chi connectivity index (χ2v) is 0. The molecule has 0 radical (unpaired) electrons. The Morgan fingerprint density at radius 1 is 0.667 bits per heavy atom. The summed E-state index contributed by atoms with van der Waals surface area (Å²) < 4.78 is 0. The van der Waals surface area contributed by atoms with E-state index in [1.807, 2.05) is 0 Å². The molecule has 0 amide bonds. The Kier molecular flexibility index (Phi) is 335. The summed E-state index contributed by atoms with van der Waals surface area (Å²) in [7, 11) is 0. The Morgan fingerprint density at radius 2 is 0.667 bits per heavy atom. The summed E-state index contributed by atoms with van der Waals surface area (Å²) in [5, 5.41) is 0. The van der Waals surface area contributed by atoms with Gasteiger partial charge in [0.2, 0.25) is 0 Å². The van der Waals surface area contributed by atoms with E-state index in [4.69, 9.17) is 0 Å². The van der Waals surface area contributed by atoms with Crippen molar-refractivity contribution in [2.24, 2.45) is 0 Å². The van der Waals surface area contributed by atoms with Crippen molar-refractivity contribution in [3.05, 3.63) is 0 Å². The Hall–Kier alpha value is 3.71. The molecule has 0 aromatic heterocycles. The summed E-state index contributed by atoms with van der Waals surface area (Å²) in [6.45, 7) is 0. The predicted octanol–water partition coefficient (Wildman–Crippen LogP) is -2.28. The van der Waals surface area contributed by atoms with Crippen molar-refractivity contribution < 1.29 is 0 Å². The first-order chi connectivity index (χ1) is 0. The zero-order valence-corrected chi connectivity index (χ0v) is 15.6. The van der Waals surface area contributed by atoms with E-state index in [0.717, 1.165) is 0 Å². The molecule has 0 aliphatic carbocycles. The Bertz CT molecular complexity index is 10.8. The topological polar surface area (TPSA) is 0 Å². The fourth-order valence-corrected chi connectivity index (χ4v) is 0. The van der Waals surface area contributed by atoms with E-state index in [-0.39, 0.29) is 117 Å². The SMILES string of the molecule is [Al+3].[As-3].[As-3].[As-3].[Ga+3].[In+3]. The standard InChI is InChI=1S/Al.3As.Ga.In/q+3;3*-3;2*+3. The van der Waals surface area contributed by atoms with Gasteiger partial charge in [-0.15, -0.1) is 0 Å². The molecule has 0 unspecified atom stereocenters. The van der Waals surface area contributed by atoms with Gasteiger partial charge in [0.1, 0.15) is 0 Å². The fourth-order valence-electron chi connectivity index (χ4n) is 0. The van der Waals surface area contributed by atoms with Crippen LogP contribution in [0.2, 0.25) is 0 Å². The number of hydrogen-bond acceptors (Lipinski definition) is 0. The fraction of sp³-hybridized carbons (Fsp3) is 0. The van der Waals surface area contributed by atoms with E-state index in [2.05, 4.69) is 0 Å². The third-order valence-corrected chi connectivity index (χ3v) is 0. The van der Waals surface area contributed by atoms with Crippen LogP contribution in [0.3, 0.4) is 0 Å². The number of hydrogen-bond donors (Lipinski definition) is 0. The van der Waals surface area contributed by atoms with Gasteiger partial charge >= 0.3 is 63.0 Å². The van der Waals surface area contributed by atoms with E-state index >= 15 is 0 Å². The van der Waals surface area contributed by atoms with Gasteiger partial charge in [-0.2, -0.15) is 0 Å². The normalized spacial score (nSPS) is 0. The van der Waals surface area contributed by atoms with Crippen molar-refractivity contribution in [1.29, 1.82) is 0 Å². The Balaban J connectivity index is 0. The predicted molar refractivity (Wildman–Crippen MR) is 34.5 cm³/mol. The largest absolute Gasteiger partial charge is 3.00 e. The van der Waals surface area contributed by atoms with Gasteiger partial charge in [0, 0.05) is 0 Å². The van der Waals surface area contributed by atoms with E-state index in [1.165, 1.54) is 0 Å². The first-order valence-corrected chi connectivity index (χ1v) is 0. The monoisotopic (exact) mass is 436 g/mol. The van der Waals surface area contributed by atoms with Crippen LogP contribution in [-0.4, -0.2) is 117 Å². The molecular weight excluding hydrogens is 436 g/mol. The van der Waals surface area contributed by atoms with Crippen LogP contribution in [0.1, 0.15) is 0 Å². The second kappa shape index (κ2) is 37.6. The Morgan fingerprint density at radius 3 is 0.667 bits per heavy atom. The van der Waals surface area contributed by atoms with Gasteiger partial charge in [0.25, 0.3) is 0 Å². The van der Waals surface area contributed by atoms with E-state index < -0.39 is 0 Å². The van der Waals surface area contributed by atoms with Gasteiger partial charge in [-0.3, -0.25) is 0 Å². The van der Waals surface area contributed by atoms with Crippen molar-refractivity contribution in [3.63, 3.8) is 0 Å². The molecule has 24 valence electrons. The maximum Gasteiger partial charge on any atom is 3.00 e. The molecule has 0 nitrogen and oxygen atoms in total. The zero-order valence-electron chi connectivity index (χ0n) is 3.07. The first kappa shape index (κ1) is 53.5. The van der Waals surface area contributed by atoms with Crippen LogP contribution in [0.5, 0.6) is 0 Å². The maximum atomic E-state index is 0. The minimum atomic E-state index is 0. The van der Waals surface area contributed by atoms with E-state index in [9.17, 15) is 0 Å². The molecule has 0 spiro atoms. The molecule has 0 aromatic carbocycles. The summed E-state index contributed by atoms with van der Waals surface area (Å²) in [4.78, 5) is 0. The molecule has 6 heavy (non-hydrogen) atoms. The first-order valence-electron chi connectivity index (χ1n) is 0. The van der Waals surface area contributed by atoms with Crippen LogP contribution in [0, 0.1) is 0 Å². The molecule has 0 heterocycles. The molecule has 0 aliphatic heterocycles. The average Bonchev–Trinajstić information content (AvgIpc) is 0. The van der Waals surface area contributed by atoms with Crippen molar-refractivity contribution >= 4 is 117 Å². The van der Waals surface area contributed by atoms with Gasteiger partial charge in [-0.25, -0.2) is 0 Å². The third kappa shape index (κ3) is 25.2. The zero-order chi connectivity index (χ0) is 0. The van der Waals surface area contributed by atoms with Crippen LogP contribution >= 0.6 is 0 Å². The van der Waals surface area contributed by atoms with Gasteiger partial charge in [0.05, 0.1) is 0 Å². The van der Waals surface area contributed by atoms with Gasteiger partial charge in [-0.05, 0) is 0 Å². The molecule has 0 aliphatic rings. The smallest absolute Gasteiger partial charge is 3.00 e. The van der Waals surface area contributed by atoms with Crippen LogP contribution in [0.4, 0.5) is 0 Å². The molecule has 0 rings (SSSR count). The van der Waals surface area contributed by atoms with Crippen LogP contribution < -0.4 is 0 Å². The van der Waals surface area contributed by atoms with Crippen LogP contribution in [0.25, 0.3) is 0 Å². The summed E-state index contributed by atoms with van der Waals surface area (Å²) in [6, 6.07) is 0. The summed E-state index contributed by atoms with van der Waals surface area (Å²) >= 11 is 0. The van der Waals surface area contributed by atoms with E-state index in [1.54, 1.807) is 0 Å². The Labute approximate surface area is 115 Å². The quantitative estimate of drug-likeness (QED) is 0.376. The minimum Gasteiger partial charge on any atom is -3.00 e. The summed E-state index contributed by atoms with van der Waals surface area (Å²) in [5.41, 5.74) is 0. The molecule has 0 N–H and O–H groups in total. The number of rotatable bonds is 0. The molecule has 0 saturated heterocycles. The molecule has 0 bridgehead atoms. The summed E-state index contributed by atoms with van der Waals surface area (Å²) in [5.74, 6) is 0. The van der Waals surface area contributed by atoms with Gasteiger partial charge in [0.15, 0.2) is 0 Å². The minimum absolute atomic E-state index is 0. The molecule has 6 heteroatoms. The molecule has 0 aromatic rings. The average molecular weight is 436 g/mol.